The van der Waals surface area contributed by atoms with E-state index in [2.05, 4.69) is 25.1 Å². The molecule has 4 N–H and O–H groups in total. The van der Waals surface area contributed by atoms with E-state index in [4.69, 9.17) is 52.1 Å². The molecule has 2 aromatic rings. The van der Waals surface area contributed by atoms with Crippen LogP contribution in [0.15, 0.2) is 36.4 Å². The van der Waals surface area contributed by atoms with E-state index in [1.807, 2.05) is 24.3 Å². The normalized spacial score (nSPS) is 28.5. The van der Waals surface area contributed by atoms with Crippen LogP contribution in [0.1, 0.15) is 62.5 Å². The first-order chi connectivity index (χ1) is 17.0. The summed E-state index contributed by atoms with van der Waals surface area (Å²) in [4.78, 5) is 2.18. The third-order valence-electron chi connectivity index (χ3n) is 7.71. The predicted octanol–water partition coefficient (Wildman–Crippen LogP) is 6.85. The molecule has 0 bridgehead atoms. The van der Waals surface area contributed by atoms with Gasteiger partial charge in [0.25, 0.3) is 0 Å². The van der Waals surface area contributed by atoms with Crippen LogP contribution in [0.5, 0.6) is 0 Å². The van der Waals surface area contributed by atoms with Gasteiger partial charge in [-0.2, -0.15) is 0 Å². The van der Waals surface area contributed by atoms with Crippen molar-refractivity contribution >= 4 is 46.4 Å². The van der Waals surface area contributed by atoms with Crippen LogP contribution in [-0.2, 0) is 10.8 Å². The van der Waals surface area contributed by atoms with Crippen LogP contribution in [0.4, 0.5) is 0 Å². The van der Waals surface area contributed by atoms with Gasteiger partial charge in [-0.05, 0) is 101 Å². The fourth-order valence-electron chi connectivity index (χ4n) is 5.98. The van der Waals surface area contributed by atoms with Gasteiger partial charge in [0.05, 0.1) is 32.3 Å². The van der Waals surface area contributed by atoms with Gasteiger partial charge in [-0.25, -0.2) is 0 Å². The molecule has 0 saturated heterocycles. The van der Waals surface area contributed by atoms with Crippen LogP contribution < -0.4 is 5.73 Å². The molecule has 2 aromatic carbocycles. The van der Waals surface area contributed by atoms with Crippen LogP contribution >= 0.6 is 46.4 Å². The van der Waals surface area contributed by atoms with Crippen LogP contribution in [0, 0.1) is 0 Å². The van der Waals surface area contributed by atoms with E-state index in [1.54, 1.807) is 6.07 Å². The highest BCUT2D eigenvalue weighted by Crippen LogP contribution is 2.42. The quantitative estimate of drug-likeness (QED) is 0.364. The molecule has 0 radical (unpaired) electrons. The van der Waals surface area contributed by atoms with Crippen molar-refractivity contribution in [3.05, 3.63) is 67.6 Å². The first-order valence-corrected chi connectivity index (χ1v) is 14.1. The minimum absolute atomic E-state index is 0.0185. The lowest BCUT2D eigenvalue weighted by molar-refractivity contribution is 0.0721. The Morgan fingerprint density at radius 1 is 0.778 bits per heavy atom. The van der Waals surface area contributed by atoms with Crippen molar-refractivity contribution in [3.8, 4) is 0 Å². The Labute approximate surface area is 235 Å². The van der Waals surface area contributed by atoms with E-state index in [1.165, 1.54) is 5.56 Å². The van der Waals surface area contributed by atoms with E-state index >= 15 is 0 Å². The van der Waals surface area contributed by atoms with Crippen molar-refractivity contribution < 1.29 is 10.2 Å². The van der Waals surface area contributed by atoms with Gasteiger partial charge in [0.2, 0.25) is 0 Å². The smallest absolute Gasteiger partial charge is 0.0595 e. The van der Waals surface area contributed by atoms with Gasteiger partial charge in [0.15, 0.2) is 0 Å². The Balaban J connectivity index is 0.000000202. The summed E-state index contributed by atoms with van der Waals surface area (Å²) in [6.07, 6.45) is 6.92. The average Bonchev–Trinajstić information content (AvgIpc) is 2.82. The average molecular weight is 576 g/mol. The molecule has 36 heavy (non-hydrogen) atoms. The Hall–Kier alpha value is -0.560. The number of hydrogen-bond donors (Lipinski definition) is 3. The van der Waals surface area contributed by atoms with Crippen LogP contribution in [0.2, 0.25) is 20.1 Å². The number of halogens is 4. The maximum atomic E-state index is 10.1. The minimum Gasteiger partial charge on any atom is -0.393 e. The number of aliphatic hydroxyl groups excluding tert-OH is 2. The Bertz CT molecular complexity index is 1020. The number of rotatable bonds is 5. The topological polar surface area (TPSA) is 69.7 Å². The van der Waals surface area contributed by atoms with Gasteiger partial charge in [-0.15, -0.1) is 0 Å². The van der Waals surface area contributed by atoms with Crippen molar-refractivity contribution in [2.75, 3.05) is 27.2 Å². The van der Waals surface area contributed by atoms with Gasteiger partial charge in [0.1, 0.15) is 0 Å². The summed E-state index contributed by atoms with van der Waals surface area (Å²) in [7, 11) is 4.14. The van der Waals surface area contributed by atoms with Crippen molar-refractivity contribution in [2.24, 2.45) is 5.73 Å². The highest BCUT2D eigenvalue weighted by atomic mass is 35.5. The lowest BCUT2D eigenvalue weighted by Gasteiger charge is -2.42. The van der Waals surface area contributed by atoms with Crippen LogP contribution in [0.3, 0.4) is 0 Å². The van der Waals surface area contributed by atoms with Gasteiger partial charge >= 0.3 is 0 Å². The Morgan fingerprint density at radius 2 is 1.22 bits per heavy atom. The zero-order valence-corrected chi connectivity index (χ0v) is 24.1. The molecule has 0 spiro atoms. The summed E-state index contributed by atoms with van der Waals surface area (Å²) in [5.74, 6) is 0. The zero-order chi connectivity index (χ0) is 26.5. The molecule has 0 aliphatic heterocycles. The van der Waals surface area contributed by atoms with Gasteiger partial charge in [0, 0.05) is 23.9 Å². The molecule has 0 amide bonds. The second kappa shape index (κ2) is 13.0. The van der Waals surface area contributed by atoms with E-state index in [9.17, 15) is 10.2 Å². The molecule has 2 fully saturated rings. The third kappa shape index (κ3) is 7.30. The number of nitrogens with zero attached hydrogens (tertiary/aromatic N) is 1. The molecule has 8 heteroatoms. The highest BCUT2D eigenvalue weighted by molar-refractivity contribution is 6.42. The van der Waals surface area contributed by atoms with Gasteiger partial charge < -0.3 is 20.8 Å². The number of hydrogen-bond acceptors (Lipinski definition) is 4. The Kier molecular flexibility index (Phi) is 10.8. The van der Waals surface area contributed by atoms with Crippen molar-refractivity contribution in [1.29, 1.82) is 0 Å². The van der Waals surface area contributed by atoms with E-state index < -0.39 is 0 Å². The first kappa shape index (κ1) is 30.0. The molecule has 4 nitrogen and oxygen atoms in total. The molecule has 4 atom stereocenters. The lowest BCUT2D eigenvalue weighted by Crippen LogP contribution is -2.43. The van der Waals surface area contributed by atoms with Crippen LogP contribution in [-0.4, -0.2) is 54.5 Å². The summed E-state index contributed by atoms with van der Waals surface area (Å²) >= 11 is 24.1. The number of benzene rings is 2. The maximum absolute atomic E-state index is 10.1. The number of nitrogens with two attached hydrogens (primary N) is 1. The van der Waals surface area contributed by atoms with Gasteiger partial charge in [-0.3, -0.25) is 0 Å². The minimum atomic E-state index is -0.262. The molecule has 2 saturated carbocycles. The lowest BCUT2D eigenvalue weighted by atomic mass is 9.68. The summed E-state index contributed by atoms with van der Waals surface area (Å²) in [5, 5.41) is 22.2. The third-order valence-corrected chi connectivity index (χ3v) is 9.19. The number of likely N-dealkylation sites (N-methyl/N-ethyl adjacent to an activating group) is 1. The largest absolute Gasteiger partial charge is 0.393 e. The highest BCUT2D eigenvalue weighted by Gasteiger charge is 2.38. The van der Waals surface area contributed by atoms with Crippen LogP contribution in [0.25, 0.3) is 0 Å². The number of aliphatic hydroxyl groups is 2. The molecular weight excluding hydrogens is 538 g/mol. The summed E-state index contributed by atoms with van der Waals surface area (Å²) in [6, 6.07) is 11.5. The van der Waals surface area contributed by atoms with E-state index in [0.29, 0.717) is 33.1 Å². The molecule has 200 valence electrons. The van der Waals surface area contributed by atoms with Gasteiger partial charge in [-0.1, -0.05) is 58.5 Å². The first-order valence-electron chi connectivity index (χ1n) is 12.6. The van der Waals surface area contributed by atoms with E-state index in [-0.39, 0.29) is 23.0 Å². The Morgan fingerprint density at radius 3 is 1.64 bits per heavy atom. The predicted molar refractivity (Wildman–Crippen MR) is 153 cm³/mol. The zero-order valence-electron chi connectivity index (χ0n) is 21.1. The molecule has 4 rings (SSSR count). The monoisotopic (exact) mass is 574 g/mol. The molecule has 2 aliphatic rings. The molecule has 4 unspecified atom stereocenters. The molecule has 0 aromatic heterocycles. The summed E-state index contributed by atoms with van der Waals surface area (Å²) in [5.41, 5.74) is 8.05. The fraction of sp³-hybridized carbons (Fsp3) is 0.571. The molecule has 2 aliphatic carbocycles. The standard InChI is InChI=1S/C15H21Cl2NO.C13H17Cl2NO/c1-18(2)10-15(7-3-4-12(19)9-15)11-5-6-13(16)14(17)8-11;14-11-4-3-9(6-12(11)15)13(8-16)5-1-2-10(17)7-13/h5-6,8,12,19H,3-4,7,9-10H2,1-2H3;3-4,6,10,17H,1-2,5,7-8,16H2. The SMILES string of the molecule is CN(C)CC1(c2ccc(Cl)c(Cl)c2)CCCC(O)C1.NCC1(c2ccc(Cl)c(Cl)c2)CCCC(O)C1. The molecular formula is C28H38Cl4N2O2. The maximum Gasteiger partial charge on any atom is 0.0595 e. The van der Waals surface area contributed by atoms with E-state index in [0.717, 1.165) is 57.1 Å². The van der Waals surface area contributed by atoms with Crippen molar-refractivity contribution in [2.45, 2.75) is 74.4 Å². The van der Waals surface area contributed by atoms with Crippen molar-refractivity contribution in [1.82, 2.24) is 4.90 Å². The second-order valence-corrected chi connectivity index (χ2v) is 12.4. The fourth-order valence-corrected chi connectivity index (χ4v) is 6.58. The molecule has 0 heterocycles. The summed E-state index contributed by atoms with van der Waals surface area (Å²) in [6.45, 7) is 1.45. The summed E-state index contributed by atoms with van der Waals surface area (Å²) < 4.78 is 0. The second-order valence-electron chi connectivity index (χ2n) is 10.8. The van der Waals surface area contributed by atoms with Crippen molar-refractivity contribution in [3.63, 3.8) is 0 Å².